The zero-order chi connectivity index (χ0) is 19.8. The summed E-state index contributed by atoms with van der Waals surface area (Å²) in [5, 5.41) is 8.55. The summed E-state index contributed by atoms with van der Waals surface area (Å²) in [6.07, 6.45) is 4.09. The average Bonchev–Trinajstić information content (AvgIpc) is 3.22. The van der Waals surface area contributed by atoms with Crippen molar-refractivity contribution >= 4 is 17.8 Å². The number of benzene rings is 2. The quantitative estimate of drug-likeness (QED) is 0.702. The molecule has 6 heteroatoms. The van der Waals surface area contributed by atoms with Gasteiger partial charge in [-0.15, -0.1) is 0 Å². The van der Waals surface area contributed by atoms with E-state index < -0.39 is 6.09 Å². The molecule has 0 bridgehead atoms. The molecule has 1 aliphatic carbocycles. The van der Waals surface area contributed by atoms with Crippen molar-refractivity contribution in [3.8, 4) is 0 Å². The summed E-state index contributed by atoms with van der Waals surface area (Å²) in [6, 6.07) is 17.6. The second kappa shape index (κ2) is 9.26. The van der Waals surface area contributed by atoms with E-state index >= 15 is 0 Å². The summed E-state index contributed by atoms with van der Waals surface area (Å²) in [5.41, 5.74) is 2.94. The summed E-state index contributed by atoms with van der Waals surface area (Å²) in [6.45, 7) is 1.06. The van der Waals surface area contributed by atoms with E-state index in [4.69, 9.17) is 0 Å². The SMILES string of the molecule is COC(=O)Nc1ccc(CNC(=O)NCC2(c3ccccc3)CCCC2)cc1. The summed E-state index contributed by atoms with van der Waals surface area (Å²) in [7, 11) is 1.32. The first-order valence-corrected chi connectivity index (χ1v) is 9.62. The largest absolute Gasteiger partial charge is 0.453 e. The molecule has 3 N–H and O–H groups in total. The fourth-order valence-corrected chi connectivity index (χ4v) is 3.78. The van der Waals surface area contributed by atoms with Crippen molar-refractivity contribution in [1.29, 1.82) is 0 Å². The number of rotatable bonds is 6. The van der Waals surface area contributed by atoms with Crippen LogP contribution in [0.5, 0.6) is 0 Å². The third-order valence-electron chi connectivity index (χ3n) is 5.37. The number of anilines is 1. The molecule has 0 aliphatic heterocycles. The standard InChI is InChI=1S/C22H27N3O3/c1-28-21(27)25-19-11-9-17(10-12-19)15-23-20(26)24-16-22(13-5-6-14-22)18-7-3-2-4-8-18/h2-4,7-12H,5-6,13-16H2,1H3,(H,25,27)(H2,23,24,26). The van der Waals surface area contributed by atoms with Gasteiger partial charge in [-0.1, -0.05) is 55.3 Å². The average molecular weight is 381 g/mol. The van der Waals surface area contributed by atoms with E-state index in [0.717, 1.165) is 18.4 Å². The van der Waals surface area contributed by atoms with Crippen molar-refractivity contribution < 1.29 is 14.3 Å². The van der Waals surface area contributed by atoms with Gasteiger partial charge >= 0.3 is 12.1 Å². The van der Waals surface area contributed by atoms with Crippen molar-refractivity contribution in [1.82, 2.24) is 10.6 Å². The maximum Gasteiger partial charge on any atom is 0.411 e. The van der Waals surface area contributed by atoms with Crippen LogP contribution in [0, 0.1) is 0 Å². The van der Waals surface area contributed by atoms with E-state index in [2.05, 4.69) is 45.0 Å². The Morgan fingerprint density at radius 3 is 2.29 bits per heavy atom. The number of nitrogens with one attached hydrogen (secondary N) is 3. The lowest BCUT2D eigenvalue weighted by molar-refractivity contribution is 0.187. The molecule has 1 saturated carbocycles. The molecule has 0 unspecified atom stereocenters. The minimum atomic E-state index is -0.510. The minimum absolute atomic E-state index is 0.0415. The third kappa shape index (κ3) is 5.03. The van der Waals surface area contributed by atoms with Crippen LogP contribution in [-0.2, 0) is 16.7 Å². The number of methoxy groups -OCH3 is 1. The zero-order valence-corrected chi connectivity index (χ0v) is 16.2. The Morgan fingerprint density at radius 2 is 1.64 bits per heavy atom. The van der Waals surface area contributed by atoms with Crippen molar-refractivity contribution in [3.63, 3.8) is 0 Å². The lowest BCUT2D eigenvalue weighted by Crippen LogP contribution is -2.43. The van der Waals surface area contributed by atoms with Crippen LogP contribution >= 0.6 is 0 Å². The summed E-state index contributed by atoms with van der Waals surface area (Å²) in [4.78, 5) is 23.5. The lowest BCUT2D eigenvalue weighted by Gasteiger charge is -2.30. The number of urea groups is 1. The topological polar surface area (TPSA) is 79.5 Å². The highest BCUT2D eigenvalue weighted by Gasteiger charge is 2.35. The molecule has 0 radical (unpaired) electrons. The molecule has 1 fully saturated rings. The van der Waals surface area contributed by atoms with Crippen molar-refractivity contribution in [2.24, 2.45) is 0 Å². The van der Waals surface area contributed by atoms with Gasteiger partial charge in [0.2, 0.25) is 0 Å². The predicted molar refractivity (Wildman–Crippen MR) is 109 cm³/mol. The van der Waals surface area contributed by atoms with E-state index in [1.54, 1.807) is 12.1 Å². The Labute approximate surface area is 165 Å². The van der Waals surface area contributed by atoms with Crippen LogP contribution in [0.1, 0.15) is 36.8 Å². The zero-order valence-electron chi connectivity index (χ0n) is 16.2. The molecule has 0 spiro atoms. The summed E-state index contributed by atoms with van der Waals surface area (Å²) >= 11 is 0. The van der Waals surface area contributed by atoms with Gasteiger partial charge in [-0.05, 0) is 36.1 Å². The van der Waals surface area contributed by atoms with Crippen LogP contribution in [0.15, 0.2) is 54.6 Å². The third-order valence-corrected chi connectivity index (χ3v) is 5.37. The van der Waals surface area contributed by atoms with E-state index in [9.17, 15) is 9.59 Å². The van der Waals surface area contributed by atoms with Crippen LogP contribution in [0.2, 0.25) is 0 Å². The van der Waals surface area contributed by atoms with Crippen LogP contribution in [0.25, 0.3) is 0 Å². The first-order chi connectivity index (χ1) is 13.6. The highest BCUT2D eigenvalue weighted by molar-refractivity contribution is 5.84. The monoisotopic (exact) mass is 381 g/mol. The van der Waals surface area contributed by atoms with E-state index in [1.165, 1.54) is 25.5 Å². The first kappa shape index (κ1) is 19.7. The van der Waals surface area contributed by atoms with Gasteiger partial charge in [0.05, 0.1) is 7.11 Å². The molecule has 6 nitrogen and oxygen atoms in total. The number of carbonyl (C=O) groups excluding carboxylic acids is 2. The first-order valence-electron chi connectivity index (χ1n) is 9.62. The fourth-order valence-electron chi connectivity index (χ4n) is 3.78. The normalized spacial score (nSPS) is 14.9. The molecule has 0 saturated heterocycles. The molecule has 3 amide bonds. The Balaban J connectivity index is 1.49. The van der Waals surface area contributed by atoms with Gasteiger partial charge in [-0.25, -0.2) is 9.59 Å². The Morgan fingerprint density at radius 1 is 0.964 bits per heavy atom. The summed E-state index contributed by atoms with van der Waals surface area (Å²) < 4.78 is 4.56. The van der Waals surface area contributed by atoms with Crippen molar-refractivity contribution in [2.45, 2.75) is 37.6 Å². The smallest absolute Gasteiger partial charge is 0.411 e. The number of carbonyl (C=O) groups is 2. The molecule has 28 heavy (non-hydrogen) atoms. The van der Waals surface area contributed by atoms with Crippen LogP contribution in [-0.4, -0.2) is 25.8 Å². The van der Waals surface area contributed by atoms with Crippen molar-refractivity contribution in [2.75, 3.05) is 19.0 Å². The van der Waals surface area contributed by atoms with Gasteiger partial charge in [0.1, 0.15) is 0 Å². The Kier molecular flexibility index (Phi) is 6.53. The fraction of sp³-hybridized carbons (Fsp3) is 0.364. The van der Waals surface area contributed by atoms with E-state index in [-0.39, 0.29) is 11.4 Å². The van der Waals surface area contributed by atoms with Gasteiger partial charge in [0.25, 0.3) is 0 Å². The molecule has 0 heterocycles. The van der Waals surface area contributed by atoms with Gasteiger partial charge in [-0.3, -0.25) is 5.32 Å². The van der Waals surface area contributed by atoms with Gasteiger partial charge in [0.15, 0.2) is 0 Å². The highest BCUT2D eigenvalue weighted by atomic mass is 16.5. The molecule has 1 aliphatic rings. The number of hydrogen-bond acceptors (Lipinski definition) is 3. The number of amides is 3. The summed E-state index contributed by atoms with van der Waals surface area (Å²) in [5.74, 6) is 0. The predicted octanol–water partition coefficient (Wildman–Crippen LogP) is 4.18. The Hall–Kier alpha value is -3.02. The van der Waals surface area contributed by atoms with Crippen molar-refractivity contribution in [3.05, 3.63) is 65.7 Å². The molecular formula is C22H27N3O3. The maximum atomic E-state index is 12.3. The number of ether oxygens (including phenoxy) is 1. The molecule has 2 aromatic carbocycles. The van der Waals surface area contributed by atoms with Gasteiger partial charge in [0, 0.05) is 24.2 Å². The van der Waals surface area contributed by atoms with Gasteiger partial charge < -0.3 is 15.4 Å². The molecule has 148 valence electrons. The lowest BCUT2D eigenvalue weighted by atomic mass is 9.79. The van der Waals surface area contributed by atoms with E-state index in [0.29, 0.717) is 18.8 Å². The highest BCUT2D eigenvalue weighted by Crippen LogP contribution is 2.40. The molecule has 0 atom stereocenters. The van der Waals surface area contributed by atoms with E-state index in [1.807, 2.05) is 18.2 Å². The second-order valence-corrected chi connectivity index (χ2v) is 7.20. The Bertz CT molecular complexity index is 784. The van der Waals surface area contributed by atoms with Gasteiger partial charge in [-0.2, -0.15) is 0 Å². The molecular weight excluding hydrogens is 354 g/mol. The van der Waals surface area contributed by atoms with Crippen LogP contribution in [0.3, 0.4) is 0 Å². The van der Waals surface area contributed by atoms with Crippen LogP contribution < -0.4 is 16.0 Å². The molecule has 3 rings (SSSR count). The molecule has 0 aromatic heterocycles. The second-order valence-electron chi connectivity index (χ2n) is 7.20. The molecule has 2 aromatic rings. The minimum Gasteiger partial charge on any atom is -0.453 e. The van der Waals surface area contributed by atoms with Crippen LogP contribution in [0.4, 0.5) is 15.3 Å². The number of hydrogen-bond donors (Lipinski definition) is 3. The maximum absolute atomic E-state index is 12.3.